The fourth-order valence-corrected chi connectivity index (χ4v) is 4.07. The smallest absolute Gasteiger partial charge is 0.212 e. The molecule has 0 heterocycles. The lowest BCUT2D eigenvalue weighted by atomic mass is 10.0. The van der Waals surface area contributed by atoms with Crippen molar-refractivity contribution >= 4 is 33.2 Å². The molecule has 1 N–H and O–H groups in total. The van der Waals surface area contributed by atoms with Gasteiger partial charge in [0, 0.05) is 22.2 Å². The first kappa shape index (κ1) is 15.8. The van der Waals surface area contributed by atoms with Gasteiger partial charge >= 0.3 is 0 Å². The highest BCUT2D eigenvalue weighted by atomic mass is 35.5. The molecule has 1 aliphatic rings. The van der Waals surface area contributed by atoms with E-state index >= 15 is 0 Å². The van der Waals surface area contributed by atoms with E-state index in [0.717, 1.165) is 24.8 Å². The Bertz CT molecular complexity index is 591. The largest absolute Gasteiger partial charge is 0.216 e. The molecule has 0 atom stereocenters. The molecule has 0 saturated carbocycles. The minimum Gasteiger partial charge on any atom is -0.212 e. The third kappa shape index (κ3) is 4.48. The number of halogens is 2. The number of hydrogen-bond acceptors (Lipinski definition) is 2. The summed E-state index contributed by atoms with van der Waals surface area (Å²) >= 11 is 12.0. The maximum Gasteiger partial charge on any atom is 0.216 e. The zero-order valence-electron chi connectivity index (χ0n) is 11.0. The minimum atomic E-state index is -3.44. The van der Waals surface area contributed by atoms with Crippen molar-refractivity contribution in [1.29, 1.82) is 0 Å². The second-order valence-electron chi connectivity index (χ2n) is 4.89. The van der Waals surface area contributed by atoms with E-state index in [2.05, 4.69) is 10.8 Å². The quantitative estimate of drug-likeness (QED) is 0.830. The Morgan fingerprint density at radius 3 is 2.45 bits per heavy atom. The van der Waals surface area contributed by atoms with Crippen molar-refractivity contribution in [3.63, 3.8) is 0 Å². The fourth-order valence-electron chi connectivity index (χ4n) is 2.18. The minimum absolute atomic E-state index is 0.196. The van der Waals surface area contributed by atoms with Gasteiger partial charge in [-0.15, -0.1) is 0 Å². The first-order chi connectivity index (χ1) is 9.48. The molecule has 1 aromatic carbocycles. The van der Waals surface area contributed by atoms with Crippen molar-refractivity contribution in [3.05, 3.63) is 45.5 Å². The first-order valence-electron chi connectivity index (χ1n) is 6.56. The van der Waals surface area contributed by atoms with E-state index in [4.69, 9.17) is 23.2 Å². The van der Waals surface area contributed by atoms with Crippen molar-refractivity contribution < 1.29 is 8.42 Å². The molecule has 0 amide bonds. The van der Waals surface area contributed by atoms with Crippen LogP contribution >= 0.6 is 23.2 Å². The molecule has 2 rings (SSSR count). The van der Waals surface area contributed by atoms with E-state index in [1.807, 2.05) is 0 Å². The Morgan fingerprint density at radius 2 is 1.85 bits per heavy atom. The van der Waals surface area contributed by atoms with Gasteiger partial charge in [-0.25, -0.2) is 13.1 Å². The van der Waals surface area contributed by atoms with Gasteiger partial charge in [-0.3, -0.25) is 0 Å². The lowest BCUT2D eigenvalue weighted by molar-refractivity contribution is 0.581. The summed E-state index contributed by atoms with van der Waals surface area (Å²) in [4.78, 5) is 0. The van der Waals surface area contributed by atoms with Crippen LogP contribution in [0, 0.1) is 0 Å². The predicted octanol–water partition coefficient (Wildman–Crippen LogP) is 3.91. The highest BCUT2D eigenvalue weighted by Gasteiger charge is 2.17. The molecule has 0 unspecified atom stereocenters. The van der Waals surface area contributed by atoms with Crippen LogP contribution in [-0.4, -0.2) is 15.0 Å². The average Bonchev–Trinajstić information content (AvgIpc) is 2.42. The van der Waals surface area contributed by atoms with Gasteiger partial charge in [0.15, 0.2) is 0 Å². The fraction of sp³-hybridized carbons (Fsp3) is 0.429. The zero-order valence-corrected chi connectivity index (χ0v) is 13.4. The Hall–Kier alpha value is -0.550. The van der Waals surface area contributed by atoms with Crippen molar-refractivity contribution in [2.45, 2.75) is 31.4 Å². The van der Waals surface area contributed by atoms with E-state index < -0.39 is 10.0 Å². The Balaban J connectivity index is 2.02. The number of hydrogen-bond donors (Lipinski definition) is 1. The molecule has 110 valence electrons. The van der Waals surface area contributed by atoms with Crippen LogP contribution in [0.2, 0.25) is 10.0 Å². The van der Waals surface area contributed by atoms with Crippen LogP contribution in [0.4, 0.5) is 0 Å². The average molecular weight is 334 g/mol. The maximum absolute atomic E-state index is 12.1. The topological polar surface area (TPSA) is 46.2 Å². The lowest BCUT2D eigenvalue weighted by Gasteiger charge is -2.14. The number of sulfonamides is 1. The lowest BCUT2D eigenvalue weighted by Crippen LogP contribution is -2.27. The third-order valence-corrected chi connectivity index (χ3v) is 5.26. The highest BCUT2D eigenvalue weighted by molar-refractivity contribution is 7.88. The number of nitrogens with one attached hydrogen (secondary N) is 1. The molecule has 0 aromatic heterocycles. The SMILES string of the molecule is O=S(=O)(Cc1c(Cl)cccc1Cl)NCC1=CCCCC1. The first-order valence-corrected chi connectivity index (χ1v) is 8.97. The van der Waals surface area contributed by atoms with E-state index in [9.17, 15) is 8.42 Å². The third-order valence-electron chi connectivity index (χ3n) is 3.30. The Morgan fingerprint density at radius 1 is 1.15 bits per heavy atom. The Kier molecular flexibility index (Phi) is 5.49. The van der Waals surface area contributed by atoms with Gasteiger partial charge < -0.3 is 0 Å². The molecule has 1 aliphatic carbocycles. The van der Waals surface area contributed by atoms with Gasteiger partial charge in [0.05, 0.1) is 5.75 Å². The molecular weight excluding hydrogens is 317 g/mol. The highest BCUT2D eigenvalue weighted by Crippen LogP contribution is 2.26. The van der Waals surface area contributed by atoms with E-state index in [0.29, 0.717) is 22.2 Å². The van der Waals surface area contributed by atoms with Gasteiger partial charge in [-0.05, 0) is 37.8 Å². The molecule has 1 aromatic rings. The molecular formula is C14H17Cl2NO2S. The van der Waals surface area contributed by atoms with Crippen molar-refractivity contribution in [2.24, 2.45) is 0 Å². The number of benzene rings is 1. The normalized spacial score (nSPS) is 16.0. The predicted molar refractivity (Wildman–Crippen MR) is 83.6 cm³/mol. The summed E-state index contributed by atoms with van der Waals surface area (Å²) in [6, 6.07) is 4.98. The summed E-state index contributed by atoms with van der Waals surface area (Å²) < 4.78 is 26.8. The van der Waals surface area contributed by atoms with Crippen LogP contribution in [-0.2, 0) is 15.8 Å². The van der Waals surface area contributed by atoms with Crippen LogP contribution in [0.5, 0.6) is 0 Å². The monoisotopic (exact) mass is 333 g/mol. The summed E-state index contributed by atoms with van der Waals surface area (Å²) in [7, 11) is -3.44. The van der Waals surface area contributed by atoms with Crippen LogP contribution < -0.4 is 4.72 Å². The molecule has 0 spiro atoms. The maximum atomic E-state index is 12.1. The second kappa shape index (κ2) is 6.94. The Labute approximate surface area is 130 Å². The van der Waals surface area contributed by atoms with Gasteiger partial charge in [0.25, 0.3) is 0 Å². The molecule has 3 nitrogen and oxygen atoms in total. The number of rotatable bonds is 5. The molecule has 0 saturated heterocycles. The van der Waals surface area contributed by atoms with E-state index in [-0.39, 0.29) is 5.75 Å². The van der Waals surface area contributed by atoms with Gasteiger partial charge in [-0.2, -0.15) is 0 Å². The van der Waals surface area contributed by atoms with E-state index in [1.54, 1.807) is 18.2 Å². The van der Waals surface area contributed by atoms with Gasteiger partial charge in [-0.1, -0.05) is 40.9 Å². The summed E-state index contributed by atoms with van der Waals surface area (Å²) in [6.07, 6.45) is 6.44. The number of allylic oxidation sites excluding steroid dienone is 1. The van der Waals surface area contributed by atoms with Gasteiger partial charge in [0.1, 0.15) is 0 Å². The molecule has 0 aliphatic heterocycles. The van der Waals surface area contributed by atoms with Crippen LogP contribution in [0.3, 0.4) is 0 Å². The van der Waals surface area contributed by atoms with Gasteiger partial charge in [0.2, 0.25) is 10.0 Å². The summed E-state index contributed by atoms with van der Waals surface area (Å²) in [5.41, 5.74) is 1.60. The van der Waals surface area contributed by atoms with Crippen LogP contribution in [0.25, 0.3) is 0 Å². The van der Waals surface area contributed by atoms with Crippen molar-refractivity contribution in [1.82, 2.24) is 4.72 Å². The van der Waals surface area contributed by atoms with E-state index in [1.165, 1.54) is 6.42 Å². The van der Waals surface area contributed by atoms with Crippen LogP contribution in [0.1, 0.15) is 31.2 Å². The van der Waals surface area contributed by atoms with Crippen molar-refractivity contribution in [2.75, 3.05) is 6.54 Å². The summed E-state index contributed by atoms with van der Waals surface area (Å²) in [5.74, 6) is -0.196. The molecule has 20 heavy (non-hydrogen) atoms. The second-order valence-corrected chi connectivity index (χ2v) is 7.51. The zero-order chi connectivity index (χ0) is 14.6. The molecule has 0 bridgehead atoms. The van der Waals surface area contributed by atoms with Crippen molar-refractivity contribution in [3.8, 4) is 0 Å². The standard InChI is InChI=1S/C14H17Cl2NO2S/c15-13-7-4-8-14(16)12(13)10-20(18,19)17-9-11-5-2-1-3-6-11/h4-5,7-8,17H,1-3,6,9-10H2. The summed E-state index contributed by atoms with van der Waals surface area (Å²) in [6.45, 7) is 0.379. The molecule has 6 heteroatoms. The van der Waals surface area contributed by atoms with Crippen LogP contribution in [0.15, 0.2) is 29.8 Å². The summed E-state index contributed by atoms with van der Waals surface area (Å²) in [5, 5.41) is 0.750. The molecule has 0 radical (unpaired) electrons. The molecule has 0 fully saturated rings.